The van der Waals surface area contributed by atoms with Gasteiger partial charge in [0.25, 0.3) is 0 Å². The van der Waals surface area contributed by atoms with E-state index in [2.05, 4.69) is 43.1 Å². The molecule has 0 aliphatic carbocycles. The summed E-state index contributed by atoms with van der Waals surface area (Å²) in [6, 6.07) is 10.3. The van der Waals surface area contributed by atoms with Gasteiger partial charge in [-0.2, -0.15) is 0 Å². The summed E-state index contributed by atoms with van der Waals surface area (Å²) >= 11 is 0. The van der Waals surface area contributed by atoms with E-state index in [-0.39, 0.29) is 6.10 Å². The van der Waals surface area contributed by atoms with E-state index in [1.54, 1.807) is 7.11 Å². The lowest BCUT2D eigenvalue weighted by Crippen LogP contribution is -2.12. The van der Waals surface area contributed by atoms with Crippen LogP contribution in [0.3, 0.4) is 0 Å². The van der Waals surface area contributed by atoms with Crippen molar-refractivity contribution < 1.29 is 9.47 Å². The summed E-state index contributed by atoms with van der Waals surface area (Å²) in [6.45, 7) is 4.27. The molecule has 3 nitrogen and oxygen atoms in total. The predicted molar refractivity (Wildman–Crippen MR) is 89.6 cm³/mol. The lowest BCUT2D eigenvalue weighted by molar-refractivity contribution is 0.200. The smallest absolute Gasteiger partial charge is 0.161 e. The zero-order chi connectivity index (χ0) is 15.8. The van der Waals surface area contributed by atoms with Crippen LogP contribution in [0, 0.1) is 0 Å². The average Bonchev–Trinajstić information content (AvgIpc) is 2.54. The Hall–Kier alpha value is -2.03. The second-order valence-electron chi connectivity index (χ2n) is 5.56. The van der Waals surface area contributed by atoms with Gasteiger partial charge in [0.15, 0.2) is 11.5 Å². The van der Waals surface area contributed by atoms with Gasteiger partial charge in [0.2, 0.25) is 0 Å². The molecule has 0 saturated carbocycles. The number of nitrogens with zero attached hydrogens (tertiary/aromatic N) is 1. The van der Waals surface area contributed by atoms with Crippen LogP contribution in [0.1, 0.15) is 37.8 Å². The van der Waals surface area contributed by atoms with Crippen molar-refractivity contribution in [1.29, 1.82) is 0 Å². The van der Waals surface area contributed by atoms with Gasteiger partial charge >= 0.3 is 0 Å². The predicted octanol–water partition coefficient (Wildman–Crippen LogP) is 4.44. The first-order chi connectivity index (χ1) is 10.7. The number of benzene rings is 1. The molecule has 1 unspecified atom stereocenters. The minimum absolute atomic E-state index is 0.203. The van der Waals surface area contributed by atoms with Crippen LogP contribution in [0.4, 0.5) is 0 Å². The molecule has 0 N–H and O–H groups in total. The first-order valence-electron chi connectivity index (χ1n) is 7.95. The minimum Gasteiger partial charge on any atom is -0.493 e. The van der Waals surface area contributed by atoms with Gasteiger partial charge in [0, 0.05) is 12.4 Å². The first kappa shape index (κ1) is 16.3. The molecule has 1 aromatic heterocycles. The quantitative estimate of drug-likeness (QED) is 0.722. The van der Waals surface area contributed by atoms with Gasteiger partial charge in [-0.3, -0.25) is 4.98 Å². The highest BCUT2D eigenvalue weighted by Gasteiger charge is 2.10. The molecule has 118 valence electrons. The maximum Gasteiger partial charge on any atom is 0.161 e. The molecule has 0 saturated heterocycles. The fraction of sp³-hybridized carbons (Fsp3) is 0.421. The molecule has 22 heavy (non-hydrogen) atoms. The zero-order valence-electron chi connectivity index (χ0n) is 13.7. The Kier molecular flexibility index (Phi) is 6.26. The van der Waals surface area contributed by atoms with Gasteiger partial charge in [-0.15, -0.1) is 0 Å². The van der Waals surface area contributed by atoms with Crippen molar-refractivity contribution in [3.05, 3.63) is 53.9 Å². The lowest BCUT2D eigenvalue weighted by Gasteiger charge is -2.17. The standard InChI is InChI=1S/C19H25NO2/c1-4-5-15(2)22-19-14-17(8-9-18(19)21-3)7-6-16-10-12-20-13-11-16/h8-15H,4-7H2,1-3H3. The molecule has 0 amide bonds. The Morgan fingerprint density at radius 1 is 1.00 bits per heavy atom. The second-order valence-corrected chi connectivity index (χ2v) is 5.56. The Labute approximate surface area is 133 Å². The van der Waals surface area contributed by atoms with Crippen molar-refractivity contribution in [2.45, 2.75) is 45.6 Å². The van der Waals surface area contributed by atoms with E-state index in [9.17, 15) is 0 Å². The highest BCUT2D eigenvalue weighted by atomic mass is 16.5. The maximum atomic E-state index is 6.03. The van der Waals surface area contributed by atoms with Crippen molar-refractivity contribution >= 4 is 0 Å². The lowest BCUT2D eigenvalue weighted by atomic mass is 10.0. The normalized spacial score (nSPS) is 12.0. The maximum absolute atomic E-state index is 6.03. The van der Waals surface area contributed by atoms with Gasteiger partial charge in [-0.25, -0.2) is 0 Å². The van der Waals surface area contributed by atoms with Gasteiger partial charge < -0.3 is 9.47 Å². The van der Waals surface area contributed by atoms with Crippen molar-refractivity contribution in [3.8, 4) is 11.5 Å². The van der Waals surface area contributed by atoms with Crippen molar-refractivity contribution in [2.75, 3.05) is 7.11 Å². The number of pyridine rings is 1. The number of hydrogen-bond donors (Lipinski definition) is 0. The molecule has 0 radical (unpaired) electrons. The van der Waals surface area contributed by atoms with Crippen LogP contribution in [-0.4, -0.2) is 18.2 Å². The fourth-order valence-electron chi connectivity index (χ4n) is 2.49. The average molecular weight is 299 g/mol. The van der Waals surface area contributed by atoms with E-state index in [0.717, 1.165) is 37.2 Å². The Morgan fingerprint density at radius 2 is 1.73 bits per heavy atom. The summed E-state index contributed by atoms with van der Waals surface area (Å²) in [5, 5.41) is 0. The molecule has 0 aliphatic rings. The summed E-state index contributed by atoms with van der Waals surface area (Å²) in [4.78, 5) is 4.05. The molecule has 1 aromatic carbocycles. The number of methoxy groups -OCH3 is 1. The number of rotatable bonds is 8. The van der Waals surface area contributed by atoms with Crippen LogP contribution in [0.25, 0.3) is 0 Å². The minimum atomic E-state index is 0.203. The molecule has 2 aromatic rings. The number of ether oxygens (including phenoxy) is 2. The van der Waals surface area contributed by atoms with Gasteiger partial charge in [-0.05, 0) is 61.6 Å². The van der Waals surface area contributed by atoms with E-state index in [0.29, 0.717) is 0 Å². The van der Waals surface area contributed by atoms with Crippen LogP contribution in [0.15, 0.2) is 42.7 Å². The Balaban J connectivity index is 2.05. The summed E-state index contributed by atoms with van der Waals surface area (Å²) in [5.41, 5.74) is 2.56. The van der Waals surface area contributed by atoms with Crippen LogP contribution in [-0.2, 0) is 12.8 Å². The van der Waals surface area contributed by atoms with Crippen LogP contribution in [0.5, 0.6) is 11.5 Å². The van der Waals surface area contributed by atoms with Crippen LogP contribution >= 0.6 is 0 Å². The van der Waals surface area contributed by atoms with Crippen LogP contribution < -0.4 is 9.47 Å². The zero-order valence-corrected chi connectivity index (χ0v) is 13.7. The molecular weight excluding hydrogens is 274 g/mol. The van der Waals surface area contributed by atoms with Gasteiger partial charge in [0.05, 0.1) is 13.2 Å². The molecule has 2 rings (SSSR count). The van der Waals surface area contributed by atoms with E-state index >= 15 is 0 Å². The summed E-state index contributed by atoms with van der Waals surface area (Å²) in [6.07, 6.45) is 8.02. The van der Waals surface area contributed by atoms with E-state index in [1.165, 1.54) is 11.1 Å². The highest BCUT2D eigenvalue weighted by Crippen LogP contribution is 2.30. The molecule has 1 heterocycles. The van der Waals surface area contributed by atoms with E-state index in [1.807, 2.05) is 18.5 Å². The number of aryl methyl sites for hydroxylation is 2. The van der Waals surface area contributed by atoms with Gasteiger partial charge in [-0.1, -0.05) is 19.4 Å². The third-order valence-corrected chi connectivity index (χ3v) is 3.70. The summed E-state index contributed by atoms with van der Waals surface area (Å²) < 4.78 is 11.4. The molecule has 0 bridgehead atoms. The summed E-state index contributed by atoms with van der Waals surface area (Å²) in [5.74, 6) is 1.64. The molecular formula is C19H25NO2. The Morgan fingerprint density at radius 3 is 2.41 bits per heavy atom. The monoisotopic (exact) mass is 299 g/mol. The molecule has 0 spiro atoms. The molecule has 0 fully saturated rings. The van der Waals surface area contributed by atoms with E-state index < -0.39 is 0 Å². The van der Waals surface area contributed by atoms with Crippen molar-refractivity contribution in [1.82, 2.24) is 4.98 Å². The van der Waals surface area contributed by atoms with Crippen molar-refractivity contribution in [2.24, 2.45) is 0 Å². The van der Waals surface area contributed by atoms with Crippen LogP contribution in [0.2, 0.25) is 0 Å². The molecule has 1 atom stereocenters. The molecule has 3 heteroatoms. The fourth-order valence-corrected chi connectivity index (χ4v) is 2.49. The third kappa shape index (κ3) is 4.76. The number of hydrogen-bond acceptors (Lipinski definition) is 3. The first-order valence-corrected chi connectivity index (χ1v) is 7.95. The Bertz CT molecular complexity index is 569. The highest BCUT2D eigenvalue weighted by molar-refractivity contribution is 5.43. The van der Waals surface area contributed by atoms with E-state index in [4.69, 9.17) is 9.47 Å². The number of aromatic nitrogens is 1. The van der Waals surface area contributed by atoms with Crippen molar-refractivity contribution in [3.63, 3.8) is 0 Å². The largest absolute Gasteiger partial charge is 0.493 e. The van der Waals surface area contributed by atoms with Gasteiger partial charge in [0.1, 0.15) is 0 Å². The topological polar surface area (TPSA) is 31.4 Å². The second kappa shape index (κ2) is 8.42. The SMILES string of the molecule is CCCC(C)Oc1cc(CCc2ccncc2)ccc1OC. The third-order valence-electron chi connectivity index (χ3n) is 3.70. The molecule has 0 aliphatic heterocycles. The summed E-state index contributed by atoms with van der Waals surface area (Å²) in [7, 11) is 1.68.